The molecule has 1 aliphatic rings. The van der Waals surface area contributed by atoms with E-state index in [2.05, 4.69) is 16.9 Å². The van der Waals surface area contributed by atoms with E-state index < -0.39 is 0 Å². The summed E-state index contributed by atoms with van der Waals surface area (Å²) in [5.41, 5.74) is 1.36. The normalized spacial score (nSPS) is 14.3. The van der Waals surface area contributed by atoms with Crippen LogP contribution >= 0.6 is 0 Å². The second-order valence-corrected chi connectivity index (χ2v) is 6.04. The first kappa shape index (κ1) is 18.3. The first-order valence-corrected chi connectivity index (χ1v) is 8.81. The van der Waals surface area contributed by atoms with Crippen molar-refractivity contribution in [2.75, 3.05) is 32.9 Å². The predicted octanol–water partition coefficient (Wildman–Crippen LogP) is 2.93. The molecule has 1 saturated heterocycles. The van der Waals surface area contributed by atoms with Crippen molar-refractivity contribution in [2.24, 2.45) is 0 Å². The van der Waals surface area contributed by atoms with Crippen molar-refractivity contribution in [3.05, 3.63) is 42.1 Å². The van der Waals surface area contributed by atoms with Crippen LogP contribution < -0.4 is 4.74 Å². The van der Waals surface area contributed by atoms with Crippen LogP contribution in [0.15, 0.2) is 30.6 Å². The number of benzene rings is 1. The molecule has 26 heavy (non-hydrogen) atoms. The van der Waals surface area contributed by atoms with Gasteiger partial charge in [0.15, 0.2) is 0 Å². The van der Waals surface area contributed by atoms with Gasteiger partial charge in [0.25, 0.3) is 5.91 Å². The minimum absolute atomic E-state index is 0.182. The Hall–Kier alpha value is -2.54. The van der Waals surface area contributed by atoms with Gasteiger partial charge in [0.1, 0.15) is 17.3 Å². The minimum Gasteiger partial charge on any atom is -0.493 e. The number of carbonyl (C=O) groups excluding carboxylic acids is 1. The molecule has 1 amide bonds. The topological polar surface area (TPSA) is 64.5 Å². The second-order valence-electron chi connectivity index (χ2n) is 6.04. The molecule has 0 aliphatic carbocycles. The highest BCUT2D eigenvalue weighted by Crippen LogP contribution is 2.29. The van der Waals surface area contributed by atoms with E-state index in [9.17, 15) is 9.18 Å². The summed E-state index contributed by atoms with van der Waals surface area (Å²) in [7, 11) is 0. The number of halogens is 1. The molecule has 1 fully saturated rings. The Morgan fingerprint density at radius 1 is 1.31 bits per heavy atom. The molecule has 0 unspecified atom stereocenters. The highest BCUT2D eigenvalue weighted by Gasteiger charge is 2.21. The van der Waals surface area contributed by atoms with Gasteiger partial charge < -0.3 is 14.4 Å². The summed E-state index contributed by atoms with van der Waals surface area (Å²) in [5, 5.41) is 0. The quantitative estimate of drug-likeness (QED) is 0.742. The molecule has 3 rings (SSSR count). The molecule has 2 heterocycles. The molecular weight excluding hydrogens is 337 g/mol. The van der Waals surface area contributed by atoms with Crippen LogP contribution in [0.25, 0.3) is 11.3 Å². The molecule has 0 N–H and O–H groups in total. The average Bonchev–Trinajstić information content (AvgIpc) is 2.68. The molecule has 0 spiro atoms. The maximum atomic E-state index is 13.6. The van der Waals surface area contributed by atoms with Crippen molar-refractivity contribution in [3.8, 4) is 17.0 Å². The Bertz CT molecular complexity index is 763. The Balaban J connectivity index is 1.86. The van der Waals surface area contributed by atoms with Crippen LogP contribution in [0.4, 0.5) is 4.39 Å². The lowest BCUT2D eigenvalue weighted by Crippen LogP contribution is -2.41. The van der Waals surface area contributed by atoms with Crippen LogP contribution in [0.5, 0.6) is 5.75 Å². The third kappa shape index (κ3) is 4.35. The zero-order valence-electron chi connectivity index (χ0n) is 14.8. The number of unbranched alkanes of at least 4 members (excludes halogenated alkanes) is 1. The summed E-state index contributed by atoms with van der Waals surface area (Å²) in [6, 6.07) is 4.28. The van der Waals surface area contributed by atoms with Gasteiger partial charge in [-0.2, -0.15) is 0 Å². The fourth-order valence-electron chi connectivity index (χ4n) is 2.68. The molecular formula is C19H22FN3O3. The highest BCUT2D eigenvalue weighted by atomic mass is 19.1. The standard InChI is InChI=1S/C19H22FN3O3/c1-2-3-8-26-18-11-14(20)4-5-15(18)16-12-21-13-17(22-16)19(24)23-6-9-25-10-7-23/h4-5,11-13H,2-3,6-10H2,1H3. The summed E-state index contributed by atoms with van der Waals surface area (Å²) in [6.45, 7) is 4.66. The molecule has 0 radical (unpaired) electrons. The number of aromatic nitrogens is 2. The Kier molecular flexibility index (Phi) is 6.12. The van der Waals surface area contributed by atoms with E-state index in [0.29, 0.717) is 49.9 Å². The van der Waals surface area contributed by atoms with Crippen LogP contribution in [-0.2, 0) is 4.74 Å². The molecule has 2 aromatic rings. The van der Waals surface area contributed by atoms with Gasteiger partial charge >= 0.3 is 0 Å². The maximum Gasteiger partial charge on any atom is 0.274 e. The highest BCUT2D eigenvalue weighted by molar-refractivity contribution is 5.92. The second kappa shape index (κ2) is 8.71. The molecule has 1 aromatic carbocycles. The van der Waals surface area contributed by atoms with Crippen molar-refractivity contribution >= 4 is 5.91 Å². The summed E-state index contributed by atoms with van der Waals surface area (Å²) in [4.78, 5) is 22.9. The van der Waals surface area contributed by atoms with Crippen LogP contribution in [0.2, 0.25) is 0 Å². The van der Waals surface area contributed by atoms with Gasteiger partial charge in [0.2, 0.25) is 0 Å². The molecule has 138 valence electrons. The first-order valence-electron chi connectivity index (χ1n) is 8.81. The van der Waals surface area contributed by atoms with Crippen LogP contribution in [0.3, 0.4) is 0 Å². The summed E-state index contributed by atoms with van der Waals surface area (Å²) in [6.07, 6.45) is 4.85. The van der Waals surface area contributed by atoms with E-state index >= 15 is 0 Å². The van der Waals surface area contributed by atoms with E-state index in [0.717, 1.165) is 12.8 Å². The number of hydrogen-bond donors (Lipinski definition) is 0. The smallest absolute Gasteiger partial charge is 0.274 e. The van der Waals surface area contributed by atoms with Crippen molar-refractivity contribution in [1.82, 2.24) is 14.9 Å². The van der Waals surface area contributed by atoms with E-state index in [4.69, 9.17) is 9.47 Å². The van der Waals surface area contributed by atoms with Gasteiger partial charge in [-0.1, -0.05) is 13.3 Å². The summed E-state index contributed by atoms with van der Waals surface area (Å²) in [5.74, 6) is -0.157. The average molecular weight is 359 g/mol. The van der Waals surface area contributed by atoms with Gasteiger partial charge in [0.05, 0.1) is 37.9 Å². The van der Waals surface area contributed by atoms with Gasteiger partial charge in [-0.05, 0) is 18.6 Å². The first-order chi connectivity index (χ1) is 12.7. The number of nitrogens with zero attached hydrogens (tertiary/aromatic N) is 3. The van der Waals surface area contributed by atoms with Gasteiger partial charge in [0, 0.05) is 24.7 Å². The van der Waals surface area contributed by atoms with Gasteiger partial charge in [-0.15, -0.1) is 0 Å². The Morgan fingerprint density at radius 2 is 2.12 bits per heavy atom. The predicted molar refractivity (Wildman–Crippen MR) is 94.6 cm³/mol. The van der Waals surface area contributed by atoms with E-state index in [1.54, 1.807) is 17.2 Å². The van der Waals surface area contributed by atoms with Crippen LogP contribution in [0.1, 0.15) is 30.3 Å². The number of amides is 1. The number of hydrogen-bond acceptors (Lipinski definition) is 5. The monoisotopic (exact) mass is 359 g/mol. The number of ether oxygens (including phenoxy) is 2. The van der Waals surface area contributed by atoms with Crippen molar-refractivity contribution in [1.29, 1.82) is 0 Å². The van der Waals surface area contributed by atoms with Crippen LogP contribution in [-0.4, -0.2) is 53.7 Å². The van der Waals surface area contributed by atoms with Gasteiger partial charge in [-0.3, -0.25) is 9.78 Å². The molecule has 1 aliphatic heterocycles. The molecule has 0 bridgehead atoms. The van der Waals surface area contributed by atoms with Crippen molar-refractivity contribution < 1.29 is 18.7 Å². The molecule has 1 aromatic heterocycles. The fraction of sp³-hybridized carbons (Fsp3) is 0.421. The minimum atomic E-state index is -0.381. The lowest BCUT2D eigenvalue weighted by molar-refractivity contribution is 0.0299. The van der Waals surface area contributed by atoms with Crippen molar-refractivity contribution in [3.63, 3.8) is 0 Å². The number of morpholine rings is 1. The van der Waals surface area contributed by atoms with E-state index in [1.165, 1.54) is 18.3 Å². The largest absolute Gasteiger partial charge is 0.493 e. The lowest BCUT2D eigenvalue weighted by Gasteiger charge is -2.26. The van der Waals surface area contributed by atoms with Gasteiger partial charge in [-0.25, -0.2) is 9.37 Å². The lowest BCUT2D eigenvalue weighted by atomic mass is 10.1. The molecule has 7 heteroatoms. The summed E-state index contributed by atoms with van der Waals surface area (Å²) >= 11 is 0. The van der Waals surface area contributed by atoms with E-state index in [1.807, 2.05) is 0 Å². The number of carbonyl (C=O) groups is 1. The Labute approximate surface area is 152 Å². The zero-order chi connectivity index (χ0) is 18.4. The number of rotatable bonds is 6. The fourth-order valence-corrected chi connectivity index (χ4v) is 2.68. The molecule has 0 atom stereocenters. The molecule has 6 nitrogen and oxygen atoms in total. The third-order valence-electron chi connectivity index (χ3n) is 4.13. The summed E-state index contributed by atoms with van der Waals surface area (Å²) < 4.78 is 24.6. The van der Waals surface area contributed by atoms with E-state index in [-0.39, 0.29) is 17.4 Å². The Morgan fingerprint density at radius 3 is 2.88 bits per heavy atom. The SMILES string of the molecule is CCCCOc1cc(F)ccc1-c1cncc(C(=O)N2CCOCC2)n1. The zero-order valence-corrected chi connectivity index (χ0v) is 14.8. The third-order valence-corrected chi connectivity index (χ3v) is 4.13. The van der Waals surface area contributed by atoms with Crippen LogP contribution in [0, 0.1) is 5.82 Å². The maximum absolute atomic E-state index is 13.6. The molecule has 0 saturated carbocycles. The van der Waals surface area contributed by atoms with Crippen molar-refractivity contribution in [2.45, 2.75) is 19.8 Å².